The number of aryl methyl sites for hydroxylation is 1. The minimum Gasteiger partial charge on any atom is -0.508 e. The molecule has 5 atom stereocenters. The molecule has 5 heterocycles. The van der Waals surface area contributed by atoms with Gasteiger partial charge in [-0.3, -0.25) is 29.0 Å². The van der Waals surface area contributed by atoms with Crippen LogP contribution in [0, 0.1) is 17.3 Å². The van der Waals surface area contributed by atoms with Crippen molar-refractivity contribution < 1.29 is 38.6 Å². The van der Waals surface area contributed by atoms with Gasteiger partial charge in [-0.15, -0.1) is 0 Å². The molecule has 354 valence electrons. The lowest BCUT2D eigenvalue weighted by atomic mass is 9.83. The van der Waals surface area contributed by atoms with Gasteiger partial charge >= 0.3 is 5.97 Å². The molecule has 7 rings (SSSR count). The summed E-state index contributed by atoms with van der Waals surface area (Å²) < 4.78 is 14.3. The first-order valence-corrected chi connectivity index (χ1v) is 23.3. The highest BCUT2D eigenvalue weighted by molar-refractivity contribution is 5.96. The predicted molar refractivity (Wildman–Crippen MR) is 253 cm³/mol. The maximum atomic E-state index is 14.7. The molecule has 4 amide bonds. The van der Waals surface area contributed by atoms with Gasteiger partial charge < -0.3 is 39.6 Å². The van der Waals surface area contributed by atoms with E-state index in [0.717, 1.165) is 44.6 Å². The van der Waals surface area contributed by atoms with Crippen LogP contribution in [0.5, 0.6) is 5.75 Å². The second-order valence-electron chi connectivity index (χ2n) is 19.3. The minimum atomic E-state index is -1.16. The number of dihydropyridines is 1. The third-order valence-corrected chi connectivity index (χ3v) is 13.5. The number of likely N-dealkylation sites (tertiary alicyclic amines) is 1. The molecule has 66 heavy (non-hydrogen) atoms. The quantitative estimate of drug-likeness (QED) is 0.158. The van der Waals surface area contributed by atoms with Crippen molar-refractivity contribution in [1.82, 2.24) is 35.4 Å². The Labute approximate surface area is 388 Å². The van der Waals surface area contributed by atoms with Crippen LogP contribution in [-0.4, -0.2) is 125 Å². The van der Waals surface area contributed by atoms with Crippen molar-refractivity contribution in [3.63, 3.8) is 0 Å². The summed E-state index contributed by atoms with van der Waals surface area (Å²) in [5.41, 5.74) is 9.96. The van der Waals surface area contributed by atoms with Crippen molar-refractivity contribution >= 4 is 46.1 Å². The molecule has 4 N–H and O–H groups in total. The van der Waals surface area contributed by atoms with Crippen LogP contribution in [-0.2, 0) is 52.8 Å². The summed E-state index contributed by atoms with van der Waals surface area (Å²) in [5.74, 6) is -2.83. The molecular weight excluding hydrogens is 839 g/mol. The molecular formula is C51H67N7O8. The number of aromatic nitrogens is 1. The summed E-state index contributed by atoms with van der Waals surface area (Å²) in [4.78, 5) is 72.4. The fourth-order valence-corrected chi connectivity index (χ4v) is 10.1. The van der Waals surface area contributed by atoms with Crippen molar-refractivity contribution in [2.45, 2.75) is 104 Å². The van der Waals surface area contributed by atoms with E-state index in [1.807, 2.05) is 32.9 Å². The number of carbonyl (C=O) groups excluding carboxylic acids is 5. The van der Waals surface area contributed by atoms with Gasteiger partial charge in [-0.2, -0.15) is 0 Å². The molecule has 3 aromatic rings. The number of rotatable bonds is 10. The zero-order valence-corrected chi connectivity index (χ0v) is 39.7. The van der Waals surface area contributed by atoms with E-state index in [2.05, 4.69) is 72.3 Å². The summed E-state index contributed by atoms with van der Waals surface area (Å²) in [6.45, 7) is 18.0. The third kappa shape index (κ3) is 9.92. The van der Waals surface area contributed by atoms with Gasteiger partial charge in [0.05, 0.1) is 24.3 Å². The number of nitrogens with one attached hydrogen (secondary N) is 3. The number of likely N-dealkylation sites (N-methyl/N-ethyl adjacent to an activating group) is 1. The van der Waals surface area contributed by atoms with Gasteiger partial charge in [-0.05, 0) is 98.0 Å². The van der Waals surface area contributed by atoms with E-state index in [4.69, 9.17) is 9.47 Å². The van der Waals surface area contributed by atoms with Crippen molar-refractivity contribution in [2.75, 3.05) is 46.9 Å². The molecule has 0 radical (unpaired) electrons. The Morgan fingerprint density at radius 3 is 2.58 bits per heavy atom. The van der Waals surface area contributed by atoms with Crippen molar-refractivity contribution in [3.8, 4) is 16.9 Å². The molecule has 0 aliphatic carbocycles. The number of cyclic esters (lactones) is 1. The highest BCUT2D eigenvalue weighted by Gasteiger charge is 2.40. The van der Waals surface area contributed by atoms with Gasteiger partial charge in [0.2, 0.25) is 17.7 Å². The number of aromatic hydroxyl groups is 1. The third-order valence-electron chi connectivity index (χ3n) is 13.5. The number of nitrogens with zero attached hydrogens (tertiary/aromatic N) is 4. The predicted octanol–water partition coefficient (Wildman–Crippen LogP) is 5.11. The number of ether oxygens (including phenoxy) is 2. The van der Waals surface area contributed by atoms with Crippen LogP contribution < -0.4 is 16.1 Å². The maximum Gasteiger partial charge on any atom is 0.324 e. The summed E-state index contributed by atoms with van der Waals surface area (Å²) in [6, 6.07) is 8.59. The number of hydrogen-bond acceptors (Lipinski definition) is 10. The lowest BCUT2D eigenvalue weighted by Gasteiger charge is -2.37. The van der Waals surface area contributed by atoms with Crippen molar-refractivity contribution in [1.29, 1.82) is 0 Å². The summed E-state index contributed by atoms with van der Waals surface area (Å²) in [6.07, 6.45) is 7.28. The number of phenolic OH excluding ortho intramolecular Hbond substituents is 1. The molecule has 0 spiro atoms. The van der Waals surface area contributed by atoms with Crippen LogP contribution >= 0.6 is 0 Å². The zero-order chi connectivity index (χ0) is 47.6. The summed E-state index contributed by atoms with van der Waals surface area (Å²) in [7, 11) is 3.29. The van der Waals surface area contributed by atoms with E-state index < -0.39 is 47.2 Å². The number of benzene rings is 2. The molecule has 4 aliphatic heterocycles. The van der Waals surface area contributed by atoms with Gasteiger partial charge in [0, 0.05) is 80.9 Å². The van der Waals surface area contributed by atoms with E-state index in [0.29, 0.717) is 50.9 Å². The maximum absolute atomic E-state index is 14.7. The fourth-order valence-electron chi connectivity index (χ4n) is 10.1. The number of methoxy groups -OCH3 is 1. The van der Waals surface area contributed by atoms with E-state index in [1.165, 1.54) is 16.0 Å². The van der Waals surface area contributed by atoms with E-state index in [-0.39, 0.29) is 55.7 Å². The number of fused-ring (bicyclic) bond motifs is 6. The van der Waals surface area contributed by atoms with E-state index in [9.17, 15) is 29.1 Å². The van der Waals surface area contributed by atoms with E-state index in [1.54, 1.807) is 31.2 Å². The lowest BCUT2D eigenvalue weighted by molar-refractivity contribution is -0.155. The Hall–Kier alpha value is -5.93. The number of carbonyl (C=O) groups is 5. The largest absolute Gasteiger partial charge is 0.508 e. The Kier molecular flexibility index (Phi) is 14.5. The zero-order valence-electron chi connectivity index (χ0n) is 39.7. The SMILES string of the molecule is C=CC(=O)N1CC[C@H](C(=O)N(C)[C@H](C(=O)N[C@H]2Cc3cc(O)cc(c3)-c3ccc4c(c3)c(c(C3=C([C@H](C)OC)NCC=C3)n4CC)CC(C)(C)COC(=O)[C@@H]3CCCN(N3)C2=O)C(C)C)C1. The first kappa shape index (κ1) is 48.0. The highest BCUT2D eigenvalue weighted by Crippen LogP contribution is 2.41. The molecule has 1 aromatic heterocycles. The second kappa shape index (κ2) is 19.9. The summed E-state index contributed by atoms with van der Waals surface area (Å²) in [5, 5.41) is 20.3. The van der Waals surface area contributed by atoms with Gasteiger partial charge in [0.15, 0.2) is 0 Å². The molecule has 6 bridgehead atoms. The van der Waals surface area contributed by atoms with E-state index >= 15 is 0 Å². The smallest absolute Gasteiger partial charge is 0.324 e. The molecule has 15 heteroatoms. The lowest BCUT2D eigenvalue weighted by Crippen LogP contribution is -2.62. The topological polar surface area (TPSA) is 175 Å². The highest BCUT2D eigenvalue weighted by atomic mass is 16.5. The number of allylic oxidation sites excluding steroid dienone is 2. The van der Waals surface area contributed by atoms with Crippen LogP contribution in [0.25, 0.3) is 27.6 Å². The van der Waals surface area contributed by atoms with Gasteiger partial charge in [-0.1, -0.05) is 58.6 Å². The number of hydrazine groups is 1. The molecule has 4 aliphatic rings. The molecule has 2 saturated heterocycles. The van der Waals surface area contributed by atoms with Crippen LogP contribution in [0.2, 0.25) is 0 Å². The van der Waals surface area contributed by atoms with Crippen LogP contribution in [0.4, 0.5) is 0 Å². The standard InChI is InChI=1S/C51H67N7O8/c1-10-43(60)56-21-18-34(28-56)48(62)55(8)45(30(3)4)47(61)53-41-24-32-22-35(25-36(59)23-32)33-16-17-42-38(26-33)39(46(57(42)11-2)37-14-12-19-52-44(37)31(5)65-9)27-51(6,7)29-66-50(64)40-15-13-20-58(54-40)49(41)63/h10,12,14,16-17,22-23,25-26,30-31,34,40-41,45,52,54,59H,1,11,13,15,18-21,24,27-29H2,2-9H3,(H,53,61)/t31-,34-,40-,41-,45-/m0/s1. The average Bonchev–Trinajstić information content (AvgIpc) is 3.92. The van der Waals surface area contributed by atoms with Crippen LogP contribution in [0.1, 0.15) is 77.6 Å². The Bertz CT molecular complexity index is 2450. The number of hydrogen-bond donors (Lipinski definition) is 4. The molecule has 15 nitrogen and oxygen atoms in total. The van der Waals surface area contributed by atoms with Gasteiger partial charge in [-0.25, -0.2) is 5.43 Å². The molecule has 2 fully saturated rings. The molecule has 2 aromatic carbocycles. The Balaban J connectivity index is 1.31. The minimum absolute atomic E-state index is 0.00497. The average molecular weight is 906 g/mol. The van der Waals surface area contributed by atoms with Gasteiger partial charge in [0.1, 0.15) is 23.9 Å². The summed E-state index contributed by atoms with van der Waals surface area (Å²) >= 11 is 0. The second-order valence-corrected chi connectivity index (χ2v) is 19.3. The number of phenols is 1. The first-order chi connectivity index (χ1) is 31.4. The fraction of sp³-hybridized carbons (Fsp3) is 0.510. The normalized spacial score (nSPS) is 22.1. The van der Waals surface area contributed by atoms with Crippen LogP contribution in [0.3, 0.4) is 0 Å². The van der Waals surface area contributed by atoms with Crippen molar-refractivity contribution in [3.05, 3.63) is 83.7 Å². The first-order valence-electron chi connectivity index (χ1n) is 23.3. The molecule has 0 unspecified atom stereocenters. The van der Waals surface area contributed by atoms with Gasteiger partial charge in [0.25, 0.3) is 5.91 Å². The van der Waals surface area contributed by atoms with Crippen molar-refractivity contribution in [2.24, 2.45) is 17.3 Å². The monoisotopic (exact) mass is 906 g/mol. The number of amides is 4. The molecule has 0 saturated carbocycles. The van der Waals surface area contributed by atoms with Crippen LogP contribution in [0.15, 0.2) is 66.9 Å². The number of esters is 1. The Morgan fingerprint density at radius 2 is 1.86 bits per heavy atom. The Morgan fingerprint density at radius 1 is 1.09 bits per heavy atom.